The summed E-state index contributed by atoms with van der Waals surface area (Å²) in [6, 6.07) is 32.7. The minimum absolute atomic E-state index is 0.0344. The molecule has 3 nitrogen and oxygen atoms in total. The monoisotopic (exact) mass is 426 g/mol. The van der Waals surface area contributed by atoms with Gasteiger partial charge >= 0.3 is 11.9 Å². The van der Waals surface area contributed by atoms with E-state index < -0.39 is 22.8 Å². The molecule has 4 bridgehead atoms. The third-order valence-corrected chi connectivity index (χ3v) is 8.49. The SMILES string of the molecule is O=C1OC(=O)C23c4ccccc4C(c4ccccc42)C2c4ccccc4C13c1ccccc12. The van der Waals surface area contributed by atoms with Gasteiger partial charge in [0.25, 0.3) is 0 Å². The van der Waals surface area contributed by atoms with Crippen LogP contribution < -0.4 is 0 Å². The maximum Gasteiger partial charge on any atom is 0.330 e. The van der Waals surface area contributed by atoms with Crippen LogP contribution in [0, 0.1) is 0 Å². The van der Waals surface area contributed by atoms with Gasteiger partial charge in [-0.2, -0.15) is 0 Å². The highest BCUT2D eigenvalue weighted by atomic mass is 16.6. The van der Waals surface area contributed by atoms with E-state index >= 15 is 0 Å². The second kappa shape index (κ2) is 5.49. The molecule has 2 spiro atoms. The van der Waals surface area contributed by atoms with Gasteiger partial charge in [0, 0.05) is 11.8 Å². The summed E-state index contributed by atoms with van der Waals surface area (Å²) in [5, 5.41) is 0. The van der Waals surface area contributed by atoms with Crippen molar-refractivity contribution in [1.29, 1.82) is 0 Å². The van der Waals surface area contributed by atoms with Crippen LogP contribution in [0.1, 0.15) is 56.3 Å². The molecule has 0 saturated carbocycles. The normalized spacial score (nSPS) is 29.2. The summed E-state index contributed by atoms with van der Waals surface area (Å²) in [7, 11) is 0. The van der Waals surface area contributed by atoms with Crippen LogP contribution in [-0.2, 0) is 25.2 Å². The van der Waals surface area contributed by atoms with Crippen molar-refractivity contribution in [2.45, 2.75) is 22.7 Å². The summed E-state index contributed by atoms with van der Waals surface area (Å²) >= 11 is 0. The zero-order chi connectivity index (χ0) is 21.9. The number of benzene rings is 4. The second-order valence-corrected chi connectivity index (χ2v) is 9.48. The molecule has 33 heavy (non-hydrogen) atoms. The van der Waals surface area contributed by atoms with Crippen LogP contribution in [-0.4, -0.2) is 11.9 Å². The molecule has 4 aromatic carbocycles. The summed E-state index contributed by atoms with van der Waals surface area (Å²) in [6.45, 7) is 0. The molecule has 1 aliphatic heterocycles. The van der Waals surface area contributed by atoms with Crippen LogP contribution in [0.15, 0.2) is 97.1 Å². The molecule has 3 heteroatoms. The van der Waals surface area contributed by atoms with Gasteiger partial charge < -0.3 is 4.74 Å². The highest BCUT2D eigenvalue weighted by Gasteiger charge is 2.77. The molecule has 6 aliphatic carbocycles. The van der Waals surface area contributed by atoms with Gasteiger partial charge in [-0.15, -0.1) is 0 Å². The molecule has 7 aliphatic rings. The van der Waals surface area contributed by atoms with Crippen molar-refractivity contribution in [1.82, 2.24) is 0 Å². The standard InChI is InChI=1S/C30H18O3/c31-27-29-21-13-5-1-9-17(21)25(18-10-2-6-14-22(18)29)26-19-11-3-7-15-23(19)30(29,28(32)33-27)24-16-8-4-12-20(24)26/h1-16,25-26H. The molecule has 0 unspecified atom stereocenters. The first-order chi connectivity index (χ1) is 16.2. The summed E-state index contributed by atoms with van der Waals surface area (Å²) < 4.78 is 5.71. The van der Waals surface area contributed by atoms with Crippen molar-refractivity contribution >= 4 is 11.9 Å². The number of ether oxygens (including phenoxy) is 1. The van der Waals surface area contributed by atoms with Gasteiger partial charge in [-0.25, -0.2) is 0 Å². The van der Waals surface area contributed by atoms with Crippen molar-refractivity contribution in [3.05, 3.63) is 142 Å². The molecule has 156 valence electrons. The molecule has 1 heterocycles. The molecule has 0 radical (unpaired) electrons. The number of hydrogen-bond donors (Lipinski definition) is 0. The zero-order valence-corrected chi connectivity index (χ0v) is 17.6. The fraction of sp³-hybridized carbons (Fsp3) is 0.133. The fourth-order valence-electron chi connectivity index (χ4n) is 7.57. The van der Waals surface area contributed by atoms with Crippen molar-refractivity contribution in [3.8, 4) is 0 Å². The van der Waals surface area contributed by atoms with E-state index in [1.54, 1.807) is 0 Å². The molecular formula is C30H18O3. The largest absolute Gasteiger partial charge is 0.391 e. The smallest absolute Gasteiger partial charge is 0.330 e. The molecule has 11 rings (SSSR count). The Labute approximate surface area is 190 Å². The van der Waals surface area contributed by atoms with Crippen molar-refractivity contribution in [2.75, 3.05) is 0 Å². The van der Waals surface area contributed by atoms with Gasteiger partial charge in [-0.1, -0.05) is 97.1 Å². The van der Waals surface area contributed by atoms with E-state index in [9.17, 15) is 9.59 Å². The molecule has 1 fully saturated rings. The Kier molecular flexibility index (Phi) is 2.92. The van der Waals surface area contributed by atoms with Crippen LogP contribution in [0.2, 0.25) is 0 Å². The Morgan fingerprint density at radius 3 is 1.03 bits per heavy atom. The zero-order valence-electron chi connectivity index (χ0n) is 17.6. The number of esters is 2. The van der Waals surface area contributed by atoms with E-state index in [0.717, 1.165) is 44.5 Å². The summed E-state index contributed by atoms with van der Waals surface area (Å²) in [5.74, 6) is -0.883. The van der Waals surface area contributed by atoms with Crippen LogP contribution in [0.25, 0.3) is 0 Å². The lowest BCUT2D eigenvalue weighted by Crippen LogP contribution is -2.60. The van der Waals surface area contributed by atoms with Gasteiger partial charge in [-0.05, 0) is 44.5 Å². The van der Waals surface area contributed by atoms with Crippen LogP contribution in [0.3, 0.4) is 0 Å². The van der Waals surface area contributed by atoms with E-state index in [2.05, 4.69) is 24.3 Å². The van der Waals surface area contributed by atoms with E-state index in [0.29, 0.717) is 0 Å². The number of cyclic esters (lactones) is 2. The molecule has 1 saturated heterocycles. The lowest BCUT2D eigenvalue weighted by atomic mass is 9.41. The van der Waals surface area contributed by atoms with Crippen LogP contribution >= 0.6 is 0 Å². The van der Waals surface area contributed by atoms with Gasteiger partial charge in [0.1, 0.15) is 10.8 Å². The summed E-state index contributed by atoms with van der Waals surface area (Å²) in [6.07, 6.45) is 0. The van der Waals surface area contributed by atoms with Crippen molar-refractivity contribution in [2.24, 2.45) is 0 Å². The Balaban J connectivity index is 1.73. The lowest BCUT2D eigenvalue weighted by Gasteiger charge is -2.56. The van der Waals surface area contributed by atoms with Crippen molar-refractivity contribution in [3.63, 3.8) is 0 Å². The topological polar surface area (TPSA) is 43.4 Å². The molecule has 0 atom stereocenters. The van der Waals surface area contributed by atoms with Gasteiger partial charge in [0.05, 0.1) is 0 Å². The van der Waals surface area contributed by atoms with E-state index in [1.807, 2.05) is 72.8 Å². The molecule has 0 amide bonds. The molecular weight excluding hydrogens is 408 g/mol. The average Bonchev–Trinajstić information content (AvgIpc) is 3.06. The van der Waals surface area contributed by atoms with E-state index in [-0.39, 0.29) is 11.8 Å². The number of rotatable bonds is 0. The number of carbonyl (C=O) groups is 2. The highest BCUT2D eigenvalue weighted by Crippen LogP contribution is 2.70. The van der Waals surface area contributed by atoms with Crippen LogP contribution in [0.4, 0.5) is 0 Å². The minimum atomic E-state index is -1.27. The maximum atomic E-state index is 14.1. The van der Waals surface area contributed by atoms with E-state index in [4.69, 9.17) is 4.74 Å². The lowest BCUT2D eigenvalue weighted by molar-refractivity contribution is -0.154. The first-order valence-corrected chi connectivity index (χ1v) is 11.4. The summed E-state index contributed by atoms with van der Waals surface area (Å²) in [5.41, 5.74) is 5.51. The minimum Gasteiger partial charge on any atom is -0.391 e. The highest BCUT2D eigenvalue weighted by molar-refractivity contribution is 6.15. The predicted octanol–water partition coefficient (Wildman–Crippen LogP) is 4.95. The van der Waals surface area contributed by atoms with Crippen molar-refractivity contribution < 1.29 is 14.3 Å². The molecule has 4 aromatic rings. The third kappa shape index (κ3) is 1.60. The van der Waals surface area contributed by atoms with Gasteiger partial charge in [0.15, 0.2) is 0 Å². The van der Waals surface area contributed by atoms with Gasteiger partial charge in [0.2, 0.25) is 0 Å². The second-order valence-electron chi connectivity index (χ2n) is 9.48. The Hall–Kier alpha value is -3.98. The first-order valence-electron chi connectivity index (χ1n) is 11.4. The summed E-state index contributed by atoms with van der Waals surface area (Å²) in [4.78, 5) is 28.3. The third-order valence-electron chi connectivity index (χ3n) is 8.49. The van der Waals surface area contributed by atoms with Crippen LogP contribution in [0.5, 0.6) is 0 Å². The predicted molar refractivity (Wildman–Crippen MR) is 122 cm³/mol. The molecule has 0 aromatic heterocycles. The molecule has 0 N–H and O–H groups in total. The fourth-order valence-corrected chi connectivity index (χ4v) is 7.57. The maximum absolute atomic E-state index is 14.1. The Bertz CT molecular complexity index is 1350. The number of hydrogen-bond acceptors (Lipinski definition) is 3. The quantitative estimate of drug-likeness (QED) is 0.295. The average molecular weight is 426 g/mol. The Morgan fingerprint density at radius 1 is 0.455 bits per heavy atom. The number of carbonyl (C=O) groups excluding carboxylic acids is 2. The van der Waals surface area contributed by atoms with E-state index in [1.165, 1.54) is 0 Å². The Morgan fingerprint density at radius 2 is 0.727 bits per heavy atom. The first kappa shape index (κ1) is 17.6. The van der Waals surface area contributed by atoms with Gasteiger partial charge in [-0.3, -0.25) is 9.59 Å².